The van der Waals surface area contributed by atoms with Crippen LogP contribution in [0.2, 0.25) is 0 Å². The number of hydrogen-bond acceptors (Lipinski definition) is 8. The van der Waals surface area contributed by atoms with Crippen molar-refractivity contribution in [1.82, 2.24) is 10.2 Å². The molecule has 0 aliphatic carbocycles. The number of hydrogen-bond donors (Lipinski definition) is 1. The quantitative estimate of drug-likeness (QED) is 0.444. The predicted molar refractivity (Wildman–Crippen MR) is 118 cm³/mol. The highest BCUT2D eigenvalue weighted by atomic mass is 32.2. The monoisotopic (exact) mass is 462 g/mol. The number of rotatable bonds is 6. The van der Waals surface area contributed by atoms with Gasteiger partial charge < -0.3 is 4.74 Å². The number of nitrogens with zero attached hydrogens (tertiary/aromatic N) is 3. The van der Waals surface area contributed by atoms with Gasteiger partial charge in [0.15, 0.2) is 10.4 Å². The van der Waals surface area contributed by atoms with Crippen molar-refractivity contribution in [3.8, 4) is 5.75 Å². The first-order valence-corrected chi connectivity index (χ1v) is 12.6. The maximum Gasteiger partial charge on any atom is 0.269 e. The van der Waals surface area contributed by atoms with Crippen LogP contribution in [0.1, 0.15) is 5.56 Å². The zero-order valence-electron chi connectivity index (χ0n) is 15.9. The topological polar surface area (TPSA) is 101 Å². The fourth-order valence-electron chi connectivity index (χ4n) is 2.88. The van der Waals surface area contributed by atoms with Gasteiger partial charge in [-0.15, -0.1) is 10.2 Å². The van der Waals surface area contributed by atoms with Crippen molar-refractivity contribution in [3.63, 3.8) is 0 Å². The van der Waals surface area contributed by atoms with Gasteiger partial charge in [-0.05, 0) is 17.7 Å². The largest absolute Gasteiger partial charge is 0.476 e. The fraction of sp³-hybridized carbons (Fsp3) is 0.211. The van der Waals surface area contributed by atoms with E-state index in [1.807, 2.05) is 30.3 Å². The van der Waals surface area contributed by atoms with Crippen LogP contribution in [-0.2, 0) is 20.6 Å². The number of benzene rings is 2. The Balaban J connectivity index is 1.42. The minimum atomic E-state index is -3.56. The molecule has 0 fully saturated rings. The molecule has 8 nitrogen and oxygen atoms in total. The molecule has 0 saturated heterocycles. The Bertz CT molecular complexity index is 1150. The van der Waals surface area contributed by atoms with Crippen molar-refractivity contribution in [1.29, 1.82) is 0 Å². The summed E-state index contributed by atoms with van der Waals surface area (Å²) < 4.78 is 32.0. The van der Waals surface area contributed by atoms with Crippen LogP contribution in [0.5, 0.6) is 5.75 Å². The number of aromatic nitrogens is 2. The maximum absolute atomic E-state index is 12.7. The molecular weight excluding hydrogens is 444 g/mol. The fourth-order valence-corrected chi connectivity index (χ4v) is 5.50. The van der Waals surface area contributed by atoms with Gasteiger partial charge in [-0.3, -0.25) is 14.4 Å². The molecule has 3 aromatic rings. The summed E-state index contributed by atoms with van der Waals surface area (Å²) >= 11 is 2.78. The minimum Gasteiger partial charge on any atom is -0.476 e. The Labute approximate surface area is 182 Å². The van der Waals surface area contributed by atoms with Crippen LogP contribution in [0.3, 0.4) is 0 Å². The average Bonchev–Trinajstić information content (AvgIpc) is 3.18. The van der Waals surface area contributed by atoms with Gasteiger partial charge in [0, 0.05) is 5.75 Å². The van der Waals surface area contributed by atoms with Crippen molar-refractivity contribution in [2.24, 2.45) is 0 Å². The Morgan fingerprint density at radius 3 is 2.70 bits per heavy atom. The zero-order valence-corrected chi connectivity index (χ0v) is 18.3. The van der Waals surface area contributed by atoms with E-state index >= 15 is 0 Å². The standard InChI is InChI=1S/C19H18N4O4S3/c1-30(25,26)23-11-16(27-15-10-6-5-9-14(15)23)17(24)20-18-21-22-19(29-18)28-12-13-7-3-2-4-8-13/h2-10,16H,11-12H2,1H3,(H,20,21,24). The summed E-state index contributed by atoms with van der Waals surface area (Å²) in [5.74, 6) is 0.606. The number of carbonyl (C=O) groups is 1. The van der Waals surface area contributed by atoms with Crippen molar-refractivity contribution < 1.29 is 17.9 Å². The average molecular weight is 463 g/mol. The third-order valence-corrected chi connectivity index (χ3v) is 7.46. The molecule has 156 valence electrons. The number of thioether (sulfide) groups is 1. The first-order valence-electron chi connectivity index (χ1n) is 8.94. The SMILES string of the molecule is CS(=O)(=O)N1CC(C(=O)Nc2nnc(SCc3ccccc3)s2)Oc2ccccc21. The lowest BCUT2D eigenvalue weighted by Crippen LogP contribution is -2.48. The minimum absolute atomic E-state index is 0.115. The number of nitrogens with one attached hydrogen (secondary N) is 1. The molecule has 1 aliphatic rings. The summed E-state index contributed by atoms with van der Waals surface area (Å²) in [5.41, 5.74) is 1.58. The number of amides is 1. The molecule has 0 bridgehead atoms. The van der Waals surface area contributed by atoms with E-state index in [1.165, 1.54) is 33.0 Å². The number of para-hydroxylation sites is 2. The van der Waals surface area contributed by atoms with Crippen LogP contribution in [-0.4, -0.2) is 43.4 Å². The van der Waals surface area contributed by atoms with Crippen LogP contribution in [0.25, 0.3) is 0 Å². The maximum atomic E-state index is 12.7. The van der Waals surface area contributed by atoms with E-state index in [9.17, 15) is 13.2 Å². The van der Waals surface area contributed by atoms with Crippen LogP contribution < -0.4 is 14.4 Å². The van der Waals surface area contributed by atoms with Crippen LogP contribution >= 0.6 is 23.1 Å². The highest BCUT2D eigenvalue weighted by Gasteiger charge is 2.35. The number of fused-ring (bicyclic) bond motifs is 1. The van der Waals surface area contributed by atoms with E-state index in [0.29, 0.717) is 16.6 Å². The van der Waals surface area contributed by atoms with Gasteiger partial charge >= 0.3 is 0 Å². The third-order valence-electron chi connectivity index (χ3n) is 4.27. The van der Waals surface area contributed by atoms with Gasteiger partial charge in [0.2, 0.25) is 15.2 Å². The van der Waals surface area contributed by atoms with Crippen molar-refractivity contribution in [2.75, 3.05) is 22.4 Å². The Kier molecular flexibility index (Phi) is 5.93. The molecular formula is C19H18N4O4S3. The third kappa shape index (κ3) is 4.74. The lowest BCUT2D eigenvalue weighted by Gasteiger charge is -2.33. The van der Waals surface area contributed by atoms with Crippen molar-refractivity contribution >= 4 is 49.8 Å². The van der Waals surface area contributed by atoms with Gasteiger partial charge in [0.05, 0.1) is 18.5 Å². The molecule has 30 heavy (non-hydrogen) atoms. The lowest BCUT2D eigenvalue weighted by molar-refractivity contribution is -0.122. The smallest absolute Gasteiger partial charge is 0.269 e. The van der Waals surface area contributed by atoms with E-state index in [0.717, 1.165) is 16.3 Å². The first kappa shape index (κ1) is 20.6. The summed E-state index contributed by atoms with van der Waals surface area (Å²) in [6.45, 7) is -0.115. The van der Waals surface area contributed by atoms with Crippen molar-refractivity contribution in [2.45, 2.75) is 16.2 Å². The Hall–Kier alpha value is -2.63. The summed E-state index contributed by atoms with van der Waals surface area (Å²) in [4.78, 5) is 12.7. The molecule has 1 N–H and O–H groups in total. The second-order valence-electron chi connectivity index (χ2n) is 6.50. The summed E-state index contributed by atoms with van der Waals surface area (Å²) in [6.07, 6.45) is 0.101. The number of anilines is 2. The molecule has 1 atom stereocenters. The number of ether oxygens (including phenoxy) is 1. The normalized spacial score (nSPS) is 15.9. The number of sulfonamides is 1. The second-order valence-corrected chi connectivity index (χ2v) is 10.6. The summed E-state index contributed by atoms with van der Waals surface area (Å²) in [7, 11) is -3.56. The molecule has 0 spiro atoms. The number of carbonyl (C=O) groups excluding carboxylic acids is 1. The van der Waals surface area contributed by atoms with Gasteiger partial charge in [-0.1, -0.05) is 65.6 Å². The predicted octanol–water partition coefficient (Wildman–Crippen LogP) is 3.00. The summed E-state index contributed by atoms with van der Waals surface area (Å²) in [6, 6.07) is 16.7. The van der Waals surface area contributed by atoms with Gasteiger partial charge in [0.1, 0.15) is 5.75 Å². The molecule has 4 rings (SSSR count). The molecule has 1 amide bonds. The highest BCUT2D eigenvalue weighted by molar-refractivity contribution is 8.00. The van der Waals surface area contributed by atoms with E-state index in [-0.39, 0.29) is 6.54 Å². The Morgan fingerprint density at radius 2 is 1.93 bits per heavy atom. The second kappa shape index (κ2) is 8.62. The molecule has 0 saturated carbocycles. The van der Waals surface area contributed by atoms with Crippen molar-refractivity contribution in [3.05, 3.63) is 60.2 Å². The molecule has 2 heterocycles. The molecule has 11 heteroatoms. The first-order chi connectivity index (χ1) is 14.4. The van der Waals surface area contributed by atoms with Gasteiger partial charge in [-0.25, -0.2) is 8.42 Å². The molecule has 1 aromatic heterocycles. The molecule has 1 unspecified atom stereocenters. The molecule has 0 radical (unpaired) electrons. The van der Waals surface area contributed by atoms with E-state index in [4.69, 9.17) is 4.74 Å². The molecule has 2 aromatic carbocycles. The van der Waals surface area contributed by atoms with E-state index < -0.39 is 22.0 Å². The zero-order chi connectivity index (χ0) is 21.1. The summed E-state index contributed by atoms with van der Waals surface area (Å²) in [5, 5.41) is 11.1. The lowest BCUT2D eigenvalue weighted by atomic mass is 10.2. The van der Waals surface area contributed by atoms with Crippen LogP contribution in [0.4, 0.5) is 10.8 Å². The Morgan fingerprint density at radius 1 is 1.20 bits per heavy atom. The van der Waals surface area contributed by atoms with E-state index in [2.05, 4.69) is 15.5 Å². The van der Waals surface area contributed by atoms with Gasteiger partial charge in [-0.2, -0.15) is 0 Å². The van der Waals surface area contributed by atoms with Crippen LogP contribution in [0, 0.1) is 0 Å². The van der Waals surface area contributed by atoms with Gasteiger partial charge in [0.25, 0.3) is 5.91 Å². The highest BCUT2D eigenvalue weighted by Crippen LogP contribution is 2.35. The molecule has 1 aliphatic heterocycles. The van der Waals surface area contributed by atoms with Crippen LogP contribution in [0.15, 0.2) is 58.9 Å². The van der Waals surface area contributed by atoms with E-state index in [1.54, 1.807) is 24.3 Å².